The van der Waals surface area contributed by atoms with Crippen LogP contribution in [0.1, 0.15) is 27.2 Å². The molecule has 31 heavy (non-hydrogen) atoms. The van der Waals surface area contributed by atoms with Crippen LogP contribution in [0.2, 0.25) is 0 Å². The van der Waals surface area contributed by atoms with Crippen LogP contribution in [0.4, 0.5) is 18.9 Å². The summed E-state index contributed by atoms with van der Waals surface area (Å²) in [4.78, 5) is 12.5. The number of aromatic nitrogens is 2. The molecule has 3 rings (SSSR count). The molecule has 7 nitrogen and oxygen atoms in total. The number of aryl methyl sites for hydroxylation is 1. The number of carbonyl (C=O) groups is 1. The number of halogens is 3. The molecule has 0 saturated heterocycles. The first kappa shape index (κ1) is 22.3. The lowest BCUT2D eigenvalue weighted by Gasteiger charge is -2.13. The van der Waals surface area contributed by atoms with Crippen molar-refractivity contribution >= 4 is 21.6 Å². The van der Waals surface area contributed by atoms with E-state index in [1.807, 2.05) is 0 Å². The van der Waals surface area contributed by atoms with Crippen LogP contribution in [0, 0.1) is 6.92 Å². The molecule has 0 atom stereocenters. The predicted octanol–water partition coefficient (Wildman–Crippen LogP) is 3.50. The zero-order valence-corrected chi connectivity index (χ0v) is 17.4. The molecule has 1 heterocycles. The molecule has 0 aliphatic carbocycles. The van der Waals surface area contributed by atoms with Crippen molar-refractivity contribution in [3.8, 4) is 5.69 Å². The number of amides is 1. The van der Waals surface area contributed by atoms with Crippen molar-refractivity contribution < 1.29 is 26.4 Å². The first-order valence-electron chi connectivity index (χ1n) is 9.01. The van der Waals surface area contributed by atoms with Gasteiger partial charge in [0, 0.05) is 12.2 Å². The van der Waals surface area contributed by atoms with Gasteiger partial charge in [-0.25, -0.2) is 13.1 Å². The largest absolute Gasteiger partial charge is 0.434 e. The van der Waals surface area contributed by atoms with Crippen LogP contribution in [0.25, 0.3) is 5.69 Å². The number of anilines is 1. The number of rotatable bonds is 6. The third-order valence-electron chi connectivity index (χ3n) is 4.24. The summed E-state index contributed by atoms with van der Waals surface area (Å²) in [6.07, 6.45) is -2.95. The second kappa shape index (κ2) is 8.42. The lowest BCUT2D eigenvalue weighted by Crippen LogP contribution is -2.26. The maximum Gasteiger partial charge on any atom is 0.434 e. The minimum absolute atomic E-state index is 0.106. The van der Waals surface area contributed by atoms with Crippen molar-refractivity contribution in [2.75, 3.05) is 11.0 Å². The molecule has 0 spiro atoms. The molecule has 0 fully saturated rings. The molecule has 3 aromatic rings. The highest BCUT2D eigenvalue weighted by Gasteiger charge is 2.40. The van der Waals surface area contributed by atoms with Crippen molar-refractivity contribution in [1.29, 1.82) is 0 Å². The number of carbonyl (C=O) groups excluding carboxylic acids is 1. The number of alkyl halides is 3. The van der Waals surface area contributed by atoms with Crippen LogP contribution >= 0.6 is 0 Å². The molecule has 1 aromatic heterocycles. The van der Waals surface area contributed by atoms with E-state index in [4.69, 9.17) is 0 Å². The van der Waals surface area contributed by atoms with Gasteiger partial charge in [0.15, 0.2) is 5.69 Å². The van der Waals surface area contributed by atoms with Crippen LogP contribution < -0.4 is 10.0 Å². The van der Waals surface area contributed by atoms with Crippen LogP contribution in [0.3, 0.4) is 0 Å². The first-order valence-corrected chi connectivity index (χ1v) is 10.9. The highest BCUT2D eigenvalue weighted by Crippen LogP contribution is 2.33. The Morgan fingerprint density at radius 3 is 2.42 bits per heavy atom. The summed E-state index contributed by atoms with van der Waals surface area (Å²) in [6.45, 7) is 1.70. The van der Waals surface area contributed by atoms with Gasteiger partial charge in [0.2, 0.25) is 10.0 Å². The SMILES string of the molecule is Cc1ccc(-n2ncc(C(=O)NCc3cccc(NS(C)(=O)=O)c3)c2C(F)(F)F)cc1. The van der Waals surface area contributed by atoms with E-state index in [1.54, 1.807) is 31.2 Å². The Morgan fingerprint density at radius 2 is 1.81 bits per heavy atom. The first-order chi connectivity index (χ1) is 14.4. The van der Waals surface area contributed by atoms with Crippen LogP contribution in [-0.4, -0.2) is 30.4 Å². The van der Waals surface area contributed by atoms with Crippen LogP contribution in [0.15, 0.2) is 54.7 Å². The molecular weight excluding hydrogens is 433 g/mol. The third-order valence-corrected chi connectivity index (χ3v) is 4.85. The summed E-state index contributed by atoms with van der Waals surface area (Å²) in [5, 5.41) is 6.19. The Balaban J connectivity index is 1.84. The minimum atomic E-state index is -4.81. The van der Waals surface area contributed by atoms with E-state index in [0.717, 1.165) is 18.0 Å². The average molecular weight is 452 g/mol. The maximum atomic E-state index is 13.7. The third kappa shape index (κ3) is 5.63. The summed E-state index contributed by atoms with van der Waals surface area (Å²) in [5.41, 5.74) is 0.0327. The molecule has 164 valence electrons. The molecule has 0 radical (unpaired) electrons. The quantitative estimate of drug-likeness (QED) is 0.599. The monoisotopic (exact) mass is 452 g/mol. The number of benzene rings is 2. The Bertz CT molecular complexity index is 1200. The van der Waals surface area contributed by atoms with Gasteiger partial charge in [-0.05, 0) is 36.8 Å². The predicted molar refractivity (Wildman–Crippen MR) is 109 cm³/mol. The normalized spacial score (nSPS) is 11.9. The summed E-state index contributed by atoms with van der Waals surface area (Å²) in [6, 6.07) is 12.4. The zero-order valence-electron chi connectivity index (χ0n) is 16.6. The second-order valence-electron chi connectivity index (χ2n) is 6.91. The van der Waals surface area contributed by atoms with Crippen molar-refractivity contribution in [1.82, 2.24) is 15.1 Å². The molecule has 0 bridgehead atoms. The van der Waals surface area contributed by atoms with Gasteiger partial charge in [-0.3, -0.25) is 9.52 Å². The number of nitrogens with zero attached hydrogens (tertiary/aromatic N) is 2. The number of sulfonamides is 1. The maximum absolute atomic E-state index is 13.7. The van der Waals surface area contributed by atoms with Crippen LogP contribution in [-0.2, 0) is 22.7 Å². The molecular formula is C20H19F3N4O3S. The van der Waals surface area contributed by atoms with Gasteiger partial charge in [0.25, 0.3) is 5.91 Å². The van der Waals surface area contributed by atoms with Crippen molar-refractivity contribution in [3.63, 3.8) is 0 Å². The van der Waals surface area contributed by atoms with Gasteiger partial charge in [0.05, 0.1) is 23.7 Å². The lowest BCUT2D eigenvalue weighted by atomic mass is 10.1. The van der Waals surface area contributed by atoms with Crippen molar-refractivity contribution in [3.05, 3.63) is 77.1 Å². The molecule has 2 N–H and O–H groups in total. The van der Waals surface area contributed by atoms with E-state index in [-0.39, 0.29) is 17.9 Å². The highest BCUT2D eigenvalue weighted by atomic mass is 32.2. The van der Waals surface area contributed by atoms with E-state index < -0.39 is 33.4 Å². The van der Waals surface area contributed by atoms with E-state index in [9.17, 15) is 26.4 Å². The van der Waals surface area contributed by atoms with E-state index in [2.05, 4.69) is 15.1 Å². The van der Waals surface area contributed by atoms with E-state index in [0.29, 0.717) is 10.2 Å². The zero-order chi connectivity index (χ0) is 22.8. The molecule has 0 saturated carbocycles. The van der Waals surface area contributed by atoms with Gasteiger partial charge >= 0.3 is 6.18 Å². The lowest BCUT2D eigenvalue weighted by molar-refractivity contribution is -0.143. The topological polar surface area (TPSA) is 93.1 Å². The summed E-state index contributed by atoms with van der Waals surface area (Å²) >= 11 is 0. The summed E-state index contributed by atoms with van der Waals surface area (Å²) in [5.74, 6) is -0.952. The number of hydrogen-bond acceptors (Lipinski definition) is 4. The Morgan fingerprint density at radius 1 is 1.13 bits per heavy atom. The van der Waals surface area contributed by atoms with Gasteiger partial charge in [-0.15, -0.1) is 0 Å². The van der Waals surface area contributed by atoms with Gasteiger partial charge in [-0.2, -0.15) is 18.3 Å². The van der Waals surface area contributed by atoms with Crippen LogP contribution in [0.5, 0.6) is 0 Å². The highest BCUT2D eigenvalue weighted by molar-refractivity contribution is 7.92. The molecule has 0 aliphatic heterocycles. The fourth-order valence-electron chi connectivity index (χ4n) is 2.91. The summed E-state index contributed by atoms with van der Waals surface area (Å²) in [7, 11) is -3.49. The fraction of sp³-hybridized carbons (Fsp3) is 0.200. The molecule has 0 unspecified atom stereocenters. The van der Waals surface area contributed by atoms with Gasteiger partial charge in [0.1, 0.15) is 0 Å². The number of hydrogen-bond donors (Lipinski definition) is 2. The van der Waals surface area contributed by atoms with E-state index >= 15 is 0 Å². The molecule has 0 aliphatic rings. The average Bonchev–Trinajstić information content (AvgIpc) is 3.11. The molecule has 2 aromatic carbocycles. The Kier molecular flexibility index (Phi) is 6.07. The molecule has 11 heteroatoms. The van der Waals surface area contributed by atoms with Crippen molar-refractivity contribution in [2.45, 2.75) is 19.6 Å². The van der Waals surface area contributed by atoms with E-state index in [1.165, 1.54) is 24.3 Å². The Labute approximate surface area is 176 Å². The fourth-order valence-corrected chi connectivity index (χ4v) is 3.46. The van der Waals surface area contributed by atoms with Gasteiger partial charge in [-0.1, -0.05) is 29.8 Å². The standard InChI is InChI=1S/C20H19F3N4O3S/c1-13-6-8-16(9-7-13)27-18(20(21,22)23)17(12-25-27)19(28)24-11-14-4-3-5-15(10-14)26-31(2,29)30/h3-10,12,26H,11H2,1-2H3,(H,24,28). The molecule has 1 amide bonds. The van der Waals surface area contributed by atoms with Crippen molar-refractivity contribution in [2.24, 2.45) is 0 Å². The number of nitrogens with one attached hydrogen (secondary N) is 2. The Hall–Kier alpha value is -3.34. The minimum Gasteiger partial charge on any atom is -0.348 e. The smallest absolute Gasteiger partial charge is 0.348 e. The summed E-state index contributed by atoms with van der Waals surface area (Å²) < 4.78 is 66.9. The second-order valence-corrected chi connectivity index (χ2v) is 8.66. The van der Waals surface area contributed by atoms with Gasteiger partial charge < -0.3 is 5.32 Å².